The molecule has 0 bridgehead atoms. The summed E-state index contributed by atoms with van der Waals surface area (Å²) in [6, 6.07) is 7.35. The average Bonchev–Trinajstić information content (AvgIpc) is 2.29. The quantitative estimate of drug-likeness (QED) is 0.534. The Morgan fingerprint density at radius 2 is 2.20 bits per heavy atom. The van der Waals surface area contributed by atoms with Crippen LogP contribution in [0, 0.1) is 0 Å². The van der Waals surface area contributed by atoms with Gasteiger partial charge in [-0.25, -0.2) is 0 Å². The fourth-order valence-corrected chi connectivity index (χ4v) is 1.32. The third-order valence-corrected chi connectivity index (χ3v) is 2.08. The summed E-state index contributed by atoms with van der Waals surface area (Å²) in [6.07, 6.45) is -0.117. The molecule has 0 aliphatic carbocycles. The summed E-state index contributed by atoms with van der Waals surface area (Å²) in [7, 11) is 0. The molecule has 0 radical (unpaired) electrons. The fourth-order valence-electron chi connectivity index (χ4n) is 1.32. The number of rotatable bonds is 2. The van der Waals surface area contributed by atoms with Crippen LogP contribution in [0.5, 0.6) is 11.5 Å². The van der Waals surface area contributed by atoms with E-state index in [0.717, 1.165) is 0 Å². The first-order valence-corrected chi connectivity index (χ1v) is 4.91. The SMILES string of the molecule is CC/C([O-])=N\C1COc2ccccc2O1. The minimum absolute atomic E-state index is 0.164. The second kappa shape index (κ2) is 4.21. The highest BCUT2D eigenvalue weighted by molar-refractivity contribution is 5.71. The Morgan fingerprint density at radius 1 is 1.47 bits per heavy atom. The van der Waals surface area contributed by atoms with Gasteiger partial charge in [-0.3, -0.25) is 4.99 Å². The van der Waals surface area contributed by atoms with Crippen molar-refractivity contribution < 1.29 is 14.6 Å². The monoisotopic (exact) mass is 206 g/mol. The van der Waals surface area contributed by atoms with Gasteiger partial charge in [0.05, 0.1) is 0 Å². The predicted octanol–water partition coefficient (Wildman–Crippen LogP) is 0.953. The van der Waals surface area contributed by atoms with Gasteiger partial charge in [-0.15, -0.1) is 0 Å². The van der Waals surface area contributed by atoms with Crippen molar-refractivity contribution in [1.82, 2.24) is 0 Å². The van der Waals surface area contributed by atoms with Gasteiger partial charge in [0.15, 0.2) is 11.5 Å². The van der Waals surface area contributed by atoms with Crippen molar-refractivity contribution >= 4 is 5.90 Å². The largest absolute Gasteiger partial charge is 0.862 e. The van der Waals surface area contributed by atoms with Crippen LogP contribution in [0.25, 0.3) is 0 Å². The summed E-state index contributed by atoms with van der Waals surface area (Å²) in [5.41, 5.74) is 0. The standard InChI is InChI=1S/C11H13NO3/c1-2-10(13)12-11-7-14-8-5-3-4-6-9(8)15-11/h3-6,11H,2,7H2,1H3,(H,12,13)/p-1. The zero-order valence-corrected chi connectivity index (χ0v) is 8.47. The molecule has 0 aromatic heterocycles. The van der Waals surface area contributed by atoms with Crippen LogP contribution in [0.1, 0.15) is 13.3 Å². The lowest BCUT2D eigenvalue weighted by molar-refractivity contribution is -0.219. The highest BCUT2D eigenvalue weighted by atomic mass is 16.6. The zero-order chi connectivity index (χ0) is 10.7. The van der Waals surface area contributed by atoms with E-state index in [-0.39, 0.29) is 5.90 Å². The minimum Gasteiger partial charge on any atom is -0.862 e. The topological polar surface area (TPSA) is 53.9 Å². The Morgan fingerprint density at radius 3 is 2.93 bits per heavy atom. The number of benzene rings is 1. The molecular weight excluding hydrogens is 194 g/mol. The van der Waals surface area contributed by atoms with Crippen LogP contribution in [-0.2, 0) is 0 Å². The Balaban J connectivity index is 2.12. The summed E-state index contributed by atoms with van der Waals surface area (Å²) in [6.45, 7) is 2.06. The maximum atomic E-state index is 11.1. The lowest BCUT2D eigenvalue weighted by Crippen LogP contribution is -2.30. The Bertz CT molecular complexity index is 376. The molecule has 1 atom stereocenters. The number of aliphatic imine (C=N–C) groups is 1. The molecule has 0 N–H and O–H groups in total. The summed E-state index contributed by atoms with van der Waals surface area (Å²) in [4.78, 5) is 3.87. The van der Waals surface area contributed by atoms with E-state index in [1.165, 1.54) is 0 Å². The second-order valence-corrected chi connectivity index (χ2v) is 3.21. The molecule has 0 saturated heterocycles. The van der Waals surface area contributed by atoms with Crippen LogP contribution < -0.4 is 14.6 Å². The Labute approximate surface area is 88.2 Å². The molecule has 2 rings (SSSR count). The summed E-state index contributed by atoms with van der Waals surface area (Å²) < 4.78 is 10.9. The average molecular weight is 206 g/mol. The maximum Gasteiger partial charge on any atom is 0.222 e. The van der Waals surface area contributed by atoms with E-state index in [1.54, 1.807) is 13.0 Å². The molecule has 0 saturated carbocycles. The van der Waals surface area contributed by atoms with E-state index in [9.17, 15) is 5.11 Å². The summed E-state index contributed by atoms with van der Waals surface area (Å²) in [5.74, 6) is 1.18. The number of hydrogen-bond acceptors (Lipinski definition) is 4. The summed E-state index contributed by atoms with van der Waals surface area (Å²) in [5, 5.41) is 11.1. The van der Waals surface area contributed by atoms with Gasteiger partial charge in [0.25, 0.3) is 0 Å². The molecular formula is C11H12NO3-. The van der Waals surface area contributed by atoms with E-state index in [1.807, 2.05) is 18.2 Å². The van der Waals surface area contributed by atoms with Gasteiger partial charge in [-0.05, 0) is 24.5 Å². The molecule has 4 heteroatoms. The molecule has 0 amide bonds. The first-order valence-electron chi connectivity index (χ1n) is 4.91. The third kappa shape index (κ3) is 2.21. The van der Waals surface area contributed by atoms with Crippen LogP contribution >= 0.6 is 0 Å². The highest BCUT2D eigenvalue weighted by Gasteiger charge is 2.18. The van der Waals surface area contributed by atoms with Crippen molar-refractivity contribution in [3.8, 4) is 11.5 Å². The van der Waals surface area contributed by atoms with Crippen LogP contribution in [0.3, 0.4) is 0 Å². The number of ether oxygens (including phenoxy) is 2. The lowest BCUT2D eigenvalue weighted by Gasteiger charge is -2.25. The molecule has 1 heterocycles. The van der Waals surface area contributed by atoms with Crippen LogP contribution in [0.15, 0.2) is 29.3 Å². The van der Waals surface area contributed by atoms with Crippen molar-refractivity contribution in [2.24, 2.45) is 4.99 Å². The Kier molecular flexibility index (Phi) is 2.76. The van der Waals surface area contributed by atoms with Gasteiger partial charge < -0.3 is 14.6 Å². The minimum atomic E-state index is -0.507. The third-order valence-electron chi connectivity index (χ3n) is 2.08. The van der Waals surface area contributed by atoms with E-state index in [0.29, 0.717) is 24.5 Å². The van der Waals surface area contributed by atoms with Crippen LogP contribution in [-0.4, -0.2) is 18.7 Å². The molecule has 15 heavy (non-hydrogen) atoms. The van der Waals surface area contributed by atoms with Crippen molar-refractivity contribution in [3.05, 3.63) is 24.3 Å². The molecule has 0 spiro atoms. The molecule has 1 unspecified atom stereocenters. The number of nitrogens with zero attached hydrogens (tertiary/aromatic N) is 1. The predicted molar refractivity (Wildman–Crippen MR) is 54.1 cm³/mol. The highest BCUT2D eigenvalue weighted by Crippen LogP contribution is 2.30. The van der Waals surface area contributed by atoms with Crippen molar-refractivity contribution in [3.63, 3.8) is 0 Å². The molecule has 1 aliphatic rings. The van der Waals surface area contributed by atoms with E-state index in [2.05, 4.69) is 4.99 Å². The number of fused-ring (bicyclic) bond motifs is 1. The normalized spacial score (nSPS) is 20.1. The van der Waals surface area contributed by atoms with Gasteiger partial charge in [0.1, 0.15) is 6.61 Å². The molecule has 1 aliphatic heterocycles. The zero-order valence-electron chi connectivity index (χ0n) is 8.47. The molecule has 4 nitrogen and oxygen atoms in total. The lowest BCUT2D eigenvalue weighted by atomic mass is 10.3. The van der Waals surface area contributed by atoms with Crippen LogP contribution in [0.2, 0.25) is 0 Å². The van der Waals surface area contributed by atoms with E-state index in [4.69, 9.17) is 9.47 Å². The first-order chi connectivity index (χ1) is 7.29. The molecule has 0 fully saturated rings. The maximum absolute atomic E-state index is 11.1. The van der Waals surface area contributed by atoms with Gasteiger partial charge in [0, 0.05) is 0 Å². The van der Waals surface area contributed by atoms with Crippen molar-refractivity contribution in [1.29, 1.82) is 0 Å². The number of hydrogen-bond donors (Lipinski definition) is 0. The van der Waals surface area contributed by atoms with Gasteiger partial charge in [0.2, 0.25) is 6.23 Å². The first kappa shape index (κ1) is 9.83. The van der Waals surface area contributed by atoms with Gasteiger partial charge >= 0.3 is 0 Å². The smallest absolute Gasteiger partial charge is 0.222 e. The van der Waals surface area contributed by atoms with E-state index < -0.39 is 6.23 Å². The summed E-state index contributed by atoms with van der Waals surface area (Å²) >= 11 is 0. The molecule has 80 valence electrons. The van der Waals surface area contributed by atoms with Crippen LogP contribution in [0.4, 0.5) is 0 Å². The fraction of sp³-hybridized carbons (Fsp3) is 0.364. The second-order valence-electron chi connectivity index (χ2n) is 3.21. The number of para-hydroxylation sites is 2. The Hall–Kier alpha value is -1.71. The van der Waals surface area contributed by atoms with Crippen molar-refractivity contribution in [2.45, 2.75) is 19.6 Å². The van der Waals surface area contributed by atoms with Crippen molar-refractivity contribution in [2.75, 3.05) is 6.61 Å². The van der Waals surface area contributed by atoms with Gasteiger partial charge in [-0.1, -0.05) is 19.1 Å². The van der Waals surface area contributed by atoms with E-state index >= 15 is 0 Å². The molecule has 1 aromatic carbocycles. The molecule has 1 aromatic rings. The van der Waals surface area contributed by atoms with Gasteiger partial charge in [-0.2, -0.15) is 0 Å².